The first-order chi connectivity index (χ1) is 34.9. The molecule has 0 saturated carbocycles. The normalized spacial score (nSPS) is 51.0. The number of nitrogens with zero attached hydrogens (tertiary/aromatic N) is 3. The lowest BCUT2D eigenvalue weighted by molar-refractivity contribution is -0.404. The highest BCUT2D eigenvalue weighted by molar-refractivity contribution is 5.01. The van der Waals surface area contributed by atoms with Crippen molar-refractivity contribution in [3.63, 3.8) is 0 Å². The topological polar surface area (TPSA) is 513 Å². The minimum Gasteiger partial charge on any atom is -0.394 e. The third kappa shape index (κ3) is 12.5. The van der Waals surface area contributed by atoms with Gasteiger partial charge in [-0.3, -0.25) is 0 Å². The zero-order valence-electron chi connectivity index (χ0n) is 38.6. The van der Waals surface area contributed by atoms with Crippen LogP contribution in [0.2, 0.25) is 0 Å². The van der Waals surface area contributed by atoms with E-state index in [2.05, 4.69) is 10.0 Å². The van der Waals surface area contributed by atoms with Crippen LogP contribution < -0.4 is 0 Å². The van der Waals surface area contributed by atoms with Gasteiger partial charge in [-0.1, -0.05) is 5.11 Å². The van der Waals surface area contributed by atoms with E-state index in [-0.39, 0.29) is 13.2 Å². The summed E-state index contributed by atoms with van der Waals surface area (Å²) in [6, 6.07) is 0. The molecule has 33 nitrogen and oxygen atoms in total. The molecule has 0 spiro atoms. The van der Waals surface area contributed by atoms with Crippen molar-refractivity contribution in [2.75, 3.05) is 52.8 Å². The van der Waals surface area contributed by atoms with Crippen LogP contribution in [0.25, 0.3) is 10.4 Å². The van der Waals surface area contributed by atoms with E-state index in [1.54, 1.807) is 0 Å². The Morgan fingerprint density at radius 2 is 0.562 bits per heavy atom. The molecule has 0 unspecified atom stereocenters. The molecule has 0 amide bonds. The van der Waals surface area contributed by atoms with Crippen molar-refractivity contribution in [1.82, 2.24) is 0 Å². The number of rotatable bonds is 12. The molecule has 17 N–H and O–H groups in total. The van der Waals surface area contributed by atoms with E-state index in [1.165, 1.54) is 0 Å². The predicted molar refractivity (Wildman–Crippen MR) is 223 cm³/mol. The highest BCUT2D eigenvalue weighted by atomic mass is 16.8. The number of unbranched alkanes of at least 4 members (excludes halogenated alkanes) is 1. The third-order valence-electron chi connectivity index (χ3n) is 13.6. The number of aliphatic hydroxyl groups excluding tert-OH is 17. The van der Waals surface area contributed by atoms with Gasteiger partial charge in [0.05, 0.1) is 39.6 Å². The molecule has 22 aliphatic heterocycles. The second-order valence-electron chi connectivity index (χ2n) is 18.4. The number of hydrogen-bond donors (Lipinski definition) is 17. The van der Waals surface area contributed by atoms with Gasteiger partial charge in [-0.15, -0.1) is 0 Å². The zero-order chi connectivity index (χ0) is 53.0. The number of ether oxygens (including phenoxy) is 13. The molecule has 0 aromatic carbocycles. The first-order valence-electron chi connectivity index (χ1n) is 23.6. The summed E-state index contributed by atoms with van der Waals surface area (Å²) in [5.74, 6) is 0. The van der Waals surface area contributed by atoms with Crippen molar-refractivity contribution in [1.29, 1.82) is 0 Å². The van der Waals surface area contributed by atoms with Crippen LogP contribution in [0.5, 0.6) is 0 Å². The van der Waals surface area contributed by atoms with E-state index >= 15 is 0 Å². The van der Waals surface area contributed by atoms with E-state index < -0.39 is 224 Å². The molecule has 422 valence electrons. The summed E-state index contributed by atoms with van der Waals surface area (Å²) in [5, 5.41) is 191. The van der Waals surface area contributed by atoms with E-state index in [4.69, 9.17) is 67.1 Å². The molecule has 22 heterocycles. The second-order valence-corrected chi connectivity index (χ2v) is 18.4. The number of hydrogen-bond acceptors (Lipinski definition) is 31. The van der Waals surface area contributed by atoms with Gasteiger partial charge in [-0.05, 0) is 18.4 Å². The van der Waals surface area contributed by atoms with Crippen LogP contribution in [-0.2, 0) is 61.6 Å². The standard InChI is InChI=1S/C40H67N3O30/c41-43-42-3-1-2-4-61-10-16-34-22(54)28(60)40(67-16)72-33-15(9-48)65-38(26(58)20(33)52)70-31-13(7-46)63-36(24(56)18(31)50)68-29-11(5-44)62-35(23(55)17(29)49)69-30-12(6-45)64-37(25(57)19(30)51)71-32-14(8-47)66-39(73-34)27(59)21(32)53/h11-40,44-60H,1-10H2/t11-,12-,13-,14-,15-,16-,17-,18-,19-,20-,21-,22-,23-,24-,25-,26-,27-,28-,29-,30-,31-,32-,33-,34-,35-,36-,37-,38-,39-,40-/m1/s1. The summed E-state index contributed by atoms with van der Waals surface area (Å²) in [6.45, 7) is -5.36. The van der Waals surface area contributed by atoms with E-state index in [1.807, 2.05) is 0 Å². The number of aliphatic hydroxyl groups is 17. The van der Waals surface area contributed by atoms with E-state index in [9.17, 15) is 86.8 Å². The SMILES string of the molecule is [N-]=[N+]=NCCCCOC[C@H]1O[C@@H]2O[C@H]3[C@H](O)[C@@H](O)[C@@H](O[C@H]4[C@H](O)[C@@H](O)[C@@H](O[C@H]5[C@H](O)[C@@H](O)[C@@H](O[C@H]6[C@H](O)[C@@H](O)[C@@H](O[C@H]7[C@H](O)[C@@H](O)[C@@H](O[C@H]1[C@H](O)[C@H]2O)O[C@@H]7CO)O[C@@H]6CO)O[C@@H]5CO)O[C@@H]4CO)O[C@@H]3CO. The quantitative estimate of drug-likeness (QED) is 0.0373. The van der Waals surface area contributed by atoms with Crippen molar-refractivity contribution in [3.8, 4) is 0 Å². The largest absolute Gasteiger partial charge is 0.394 e. The lowest BCUT2D eigenvalue weighted by atomic mass is 9.94. The third-order valence-corrected chi connectivity index (χ3v) is 13.6. The van der Waals surface area contributed by atoms with Gasteiger partial charge in [0.25, 0.3) is 0 Å². The van der Waals surface area contributed by atoms with Gasteiger partial charge in [0.1, 0.15) is 146 Å². The summed E-state index contributed by atoms with van der Waals surface area (Å²) < 4.78 is 74.9. The molecule has 22 rings (SSSR count). The zero-order valence-corrected chi connectivity index (χ0v) is 38.6. The molecule has 0 radical (unpaired) electrons. The maximum atomic E-state index is 11.6. The molecular formula is C40H67N3O30. The fraction of sp³-hybridized carbons (Fsp3) is 1.00. The maximum Gasteiger partial charge on any atom is 0.187 e. The van der Waals surface area contributed by atoms with Gasteiger partial charge in [0.2, 0.25) is 0 Å². The fourth-order valence-corrected chi connectivity index (χ4v) is 9.55. The van der Waals surface area contributed by atoms with Crippen LogP contribution in [0.15, 0.2) is 5.11 Å². The van der Waals surface area contributed by atoms with Crippen molar-refractivity contribution in [2.24, 2.45) is 5.11 Å². The fourth-order valence-electron chi connectivity index (χ4n) is 9.55. The average molecular weight is 1070 g/mol. The Balaban J connectivity index is 1.19. The minimum atomic E-state index is -2.16. The molecule has 22 fully saturated rings. The molecule has 30 atom stereocenters. The molecule has 0 aliphatic carbocycles. The molecule has 0 aromatic rings. The monoisotopic (exact) mass is 1070 g/mol. The van der Waals surface area contributed by atoms with Crippen molar-refractivity contribution >= 4 is 0 Å². The van der Waals surface area contributed by atoms with Gasteiger partial charge in [-0.2, -0.15) is 0 Å². The molecule has 12 bridgehead atoms. The summed E-state index contributed by atoms with van der Waals surface area (Å²) in [4.78, 5) is 2.67. The van der Waals surface area contributed by atoms with Gasteiger partial charge in [0.15, 0.2) is 37.7 Å². The molecule has 33 heteroatoms. The van der Waals surface area contributed by atoms with Crippen molar-refractivity contribution in [3.05, 3.63) is 10.4 Å². The lowest BCUT2D eigenvalue weighted by Gasteiger charge is -2.50. The van der Waals surface area contributed by atoms with Crippen molar-refractivity contribution in [2.45, 2.75) is 197 Å². The minimum absolute atomic E-state index is 0.000427. The Morgan fingerprint density at radius 3 is 0.795 bits per heavy atom. The number of azide groups is 1. The van der Waals surface area contributed by atoms with Gasteiger partial charge < -0.3 is 148 Å². The molecule has 0 aromatic heterocycles. The maximum absolute atomic E-state index is 11.6. The first-order valence-corrected chi connectivity index (χ1v) is 23.6. The smallest absolute Gasteiger partial charge is 0.187 e. The van der Waals surface area contributed by atoms with Crippen LogP contribution in [0.3, 0.4) is 0 Å². The first kappa shape index (κ1) is 58.8. The van der Waals surface area contributed by atoms with Gasteiger partial charge in [-0.25, -0.2) is 0 Å². The highest BCUT2D eigenvalue weighted by Gasteiger charge is 2.58. The summed E-state index contributed by atoms with van der Waals surface area (Å²) in [6.07, 6.45) is -57.6. The predicted octanol–water partition coefficient (Wildman–Crippen LogP) is -10.9. The Morgan fingerprint density at radius 1 is 0.329 bits per heavy atom. The van der Waals surface area contributed by atoms with Crippen molar-refractivity contribution < 1.29 is 148 Å². The van der Waals surface area contributed by atoms with Crippen LogP contribution in [-0.4, -0.2) is 324 Å². The second kappa shape index (κ2) is 26.2. The molecular weight excluding hydrogens is 1000 g/mol. The summed E-state index contributed by atoms with van der Waals surface area (Å²) in [7, 11) is 0. The van der Waals surface area contributed by atoms with Crippen LogP contribution in [0.4, 0.5) is 0 Å². The van der Waals surface area contributed by atoms with E-state index in [0.717, 1.165) is 0 Å². The van der Waals surface area contributed by atoms with Crippen LogP contribution >= 0.6 is 0 Å². The summed E-state index contributed by atoms with van der Waals surface area (Å²) in [5.41, 5.74) is 8.58. The Hall–Kier alpha value is -1.89. The Kier molecular flexibility index (Phi) is 21.1. The van der Waals surface area contributed by atoms with E-state index in [0.29, 0.717) is 12.8 Å². The molecule has 22 aliphatic rings. The lowest BCUT2D eigenvalue weighted by Crippen LogP contribution is -2.69. The molecule has 73 heavy (non-hydrogen) atoms. The summed E-state index contributed by atoms with van der Waals surface area (Å²) >= 11 is 0. The van der Waals surface area contributed by atoms with Crippen LogP contribution in [0, 0.1) is 0 Å². The Bertz CT molecular complexity index is 1740. The van der Waals surface area contributed by atoms with Crippen LogP contribution in [0.1, 0.15) is 12.8 Å². The Labute approximate surface area is 413 Å². The highest BCUT2D eigenvalue weighted by Crippen LogP contribution is 2.38. The van der Waals surface area contributed by atoms with Gasteiger partial charge in [0, 0.05) is 18.1 Å². The average Bonchev–Trinajstić information content (AvgIpc) is 3.38. The van der Waals surface area contributed by atoms with Gasteiger partial charge >= 0.3 is 0 Å². The molecule has 22 saturated heterocycles.